The molecular formula is C14H16BrCl2NO. The Kier molecular flexibility index (Phi) is 5.55. The first kappa shape index (κ1) is 15.1. The number of hydrogen-bond donors (Lipinski definition) is 0. The molecule has 1 aromatic rings. The Labute approximate surface area is 132 Å². The van der Waals surface area contributed by atoms with Crippen LogP contribution in [0.5, 0.6) is 0 Å². The van der Waals surface area contributed by atoms with Crippen LogP contribution >= 0.6 is 39.1 Å². The minimum absolute atomic E-state index is 0.0150. The molecule has 0 radical (unpaired) electrons. The number of amides is 1. The third-order valence-electron chi connectivity index (χ3n) is 3.51. The molecule has 0 N–H and O–H groups in total. The van der Waals surface area contributed by atoms with Crippen molar-refractivity contribution in [1.29, 1.82) is 0 Å². The number of carbonyl (C=O) groups excluding carboxylic acids is 1. The summed E-state index contributed by atoms with van der Waals surface area (Å²) in [5, 5.41) is 1.78. The lowest BCUT2D eigenvalue weighted by Crippen LogP contribution is -2.40. The van der Waals surface area contributed by atoms with Gasteiger partial charge in [-0.3, -0.25) is 4.79 Å². The van der Waals surface area contributed by atoms with Gasteiger partial charge in [0, 0.05) is 22.9 Å². The summed E-state index contributed by atoms with van der Waals surface area (Å²) < 4.78 is 0. The normalized spacial score (nSPS) is 15.7. The van der Waals surface area contributed by atoms with Crippen molar-refractivity contribution in [3.63, 3.8) is 0 Å². The number of hydrogen-bond acceptors (Lipinski definition) is 1. The van der Waals surface area contributed by atoms with Crippen LogP contribution in [0.15, 0.2) is 18.2 Å². The molecule has 19 heavy (non-hydrogen) atoms. The first-order chi connectivity index (χ1) is 9.13. The van der Waals surface area contributed by atoms with Gasteiger partial charge in [0.1, 0.15) is 0 Å². The van der Waals surface area contributed by atoms with Crippen LogP contribution in [0, 0.1) is 0 Å². The number of nitrogens with zero attached hydrogens (tertiary/aromatic N) is 1. The van der Waals surface area contributed by atoms with E-state index < -0.39 is 0 Å². The van der Waals surface area contributed by atoms with Crippen LogP contribution in [0.4, 0.5) is 0 Å². The largest absolute Gasteiger partial charge is 0.335 e. The number of carbonyl (C=O) groups is 1. The van der Waals surface area contributed by atoms with Crippen molar-refractivity contribution in [3.05, 3.63) is 33.8 Å². The highest BCUT2D eigenvalue weighted by Gasteiger charge is 2.28. The highest BCUT2D eigenvalue weighted by atomic mass is 79.9. The highest BCUT2D eigenvalue weighted by molar-refractivity contribution is 9.09. The molecule has 0 heterocycles. The average Bonchev–Trinajstić information content (AvgIpc) is 2.92. The van der Waals surface area contributed by atoms with E-state index in [1.807, 2.05) is 4.90 Å². The lowest BCUT2D eigenvalue weighted by Gasteiger charge is -2.28. The predicted octanol–water partition coefficient (Wildman–Crippen LogP) is 4.77. The van der Waals surface area contributed by atoms with Gasteiger partial charge in [-0.2, -0.15) is 0 Å². The Bertz CT molecular complexity index is 461. The smallest absolute Gasteiger partial charge is 0.255 e. The van der Waals surface area contributed by atoms with Crippen LogP contribution in [-0.4, -0.2) is 28.7 Å². The molecule has 1 saturated carbocycles. The Morgan fingerprint density at radius 1 is 1.32 bits per heavy atom. The summed E-state index contributed by atoms with van der Waals surface area (Å²) in [6, 6.07) is 5.37. The second-order valence-corrected chi connectivity index (χ2v) is 6.39. The van der Waals surface area contributed by atoms with E-state index in [0.29, 0.717) is 28.2 Å². The Morgan fingerprint density at radius 3 is 2.63 bits per heavy atom. The van der Waals surface area contributed by atoms with E-state index >= 15 is 0 Å². The van der Waals surface area contributed by atoms with E-state index in [2.05, 4.69) is 15.9 Å². The number of benzene rings is 1. The zero-order valence-corrected chi connectivity index (χ0v) is 13.6. The molecule has 2 rings (SSSR count). The molecule has 5 heteroatoms. The zero-order chi connectivity index (χ0) is 13.8. The molecule has 0 spiro atoms. The topological polar surface area (TPSA) is 20.3 Å². The molecule has 0 bridgehead atoms. The molecular weight excluding hydrogens is 349 g/mol. The molecule has 1 amide bonds. The Balaban J connectivity index is 2.25. The molecule has 1 aliphatic carbocycles. The summed E-state index contributed by atoms with van der Waals surface area (Å²) >= 11 is 15.5. The number of rotatable bonds is 4. The molecule has 1 aromatic carbocycles. The van der Waals surface area contributed by atoms with Gasteiger partial charge in [0.05, 0.1) is 10.6 Å². The van der Waals surface area contributed by atoms with Crippen molar-refractivity contribution in [2.45, 2.75) is 31.7 Å². The number of alkyl halides is 1. The summed E-state index contributed by atoms with van der Waals surface area (Å²) in [6.45, 7) is 0.701. The highest BCUT2D eigenvalue weighted by Crippen LogP contribution is 2.28. The van der Waals surface area contributed by atoms with E-state index in [4.69, 9.17) is 23.2 Å². The fourth-order valence-corrected chi connectivity index (χ4v) is 3.33. The minimum Gasteiger partial charge on any atom is -0.335 e. The molecule has 0 aliphatic heterocycles. The maximum atomic E-state index is 12.7. The summed E-state index contributed by atoms with van der Waals surface area (Å²) in [6.07, 6.45) is 4.55. The molecule has 0 unspecified atom stereocenters. The molecule has 0 saturated heterocycles. The fraction of sp³-hybridized carbons (Fsp3) is 0.500. The first-order valence-electron chi connectivity index (χ1n) is 6.45. The molecule has 0 atom stereocenters. The van der Waals surface area contributed by atoms with E-state index in [0.717, 1.165) is 18.2 Å². The van der Waals surface area contributed by atoms with Gasteiger partial charge in [-0.05, 0) is 31.0 Å². The molecule has 1 aliphatic rings. The van der Waals surface area contributed by atoms with Gasteiger partial charge in [0.2, 0.25) is 0 Å². The second kappa shape index (κ2) is 6.96. The zero-order valence-electron chi connectivity index (χ0n) is 10.5. The van der Waals surface area contributed by atoms with Crippen LogP contribution in [-0.2, 0) is 0 Å². The van der Waals surface area contributed by atoms with E-state index in [9.17, 15) is 4.79 Å². The summed E-state index contributed by atoms with van der Waals surface area (Å²) in [7, 11) is 0. The molecule has 2 nitrogen and oxygen atoms in total. The third kappa shape index (κ3) is 3.65. The van der Waals surface area contributed by atoms with Crippen LogP contribution in [0.25, 0.3) is 0 Å². The van der Waals surface area contributed by atoms with Gasteiger partial charge >= 0.3 is 0 Å². The van der Waals surface area contributed by atoms with E-state index in [-0.39, 0.29) is 5.91 Å². The SMILES string of the molecule is O=C(c1cc(Cl)ccc1Cl)N(CCBr)C1CCCC1. The lowest BCUT2D eigenvalue weighted by molar-refractivity contribution is 0.0696. The standard InChI is InChI=1S/C14H16BrCl2NO/c15-7-8-18(11-3-1-2-4-11)14(19)12-9-10(16)5-6-13(12)17/h5-6,9,11H,1-4,7-8H2. The van der Waals surface area contributed by atoms with Crippen molar-refractivity contribution >= 4 is 45.0 Å². The summed E-state index contributed by atoms with van der Waals surface area (Å²) in [4.78, 5) is 14.6. The predicted molar refractivity (Wildman–Crippen MR) is 83.5 cm³/mol. The lowest BCUT2D eigenvalue weighted by atomic mass is 10.1. The average molecular weight is 365 g/mol. The van der Waals surface area contributed by atoms with Gasteiger partial charge in [-0.1, -0.05) is 52.0 Å². The van der Waals surface area contributed by atoms with Crippen molar-refractivity contribution in [3.8, 4) is 0 Å². The minimum atomic E-state index is -0.0150. The van der Waals surface area contributed by atoms with Crippen LogP contribution < -0.4 is 0 Å². The molecule has 0 aromatic heterocycles. The van der Waals surface area contributed by atoms with Crippen molar-refractivity contribution in [1.82, 2.24) is 4.90 Å². The number of halogens is 3. The van der Waals surface area contributed by atoms with Crippen molar-refractivity contribution < 1.29 is 4.79 Å². The van der Waals surface area contributed by atoms with Gasteiger partial charge in [-0.15, -0.1) is 0 Å². The van der Waals surface area contributed by atoms with Gasteiger partial charge in [0.25, 0.3) is 5.91 Å². The monoisotopic (exact) mass is 363 g/mol. The van der Waals surface area contributed by atoms with E-state index in [1.165, 1.54) is 12.8 Å². The third-order valence-corrected chi connectivity index (χ3v) is 4.43. The van der Waals surface area contributed by atoms with Gasteiger partial charge in [0.15, 0.2) is 0 Å². The maximum absolute atomic E-state index is 12.7. The van der Waals surface area contributed by atoms with Crippen LogP contribution in [0.1, 0.15) is 36.0 Å². The molecule has 104 valence electrons. The fourth-order valence-electron chi connectivity index (χ4n) is 2.57. The van der Waals surface area contributed by atoms with Crippen LogP contribution in [0.3, 0.4) is 0 Å². The maximum Gasteiger partial charge on any atom is 0.255 e. The van der Waals surface area contributed by atoms with Crippen molar-refractivity contribution in [2.24, 2.45) is 0 Å². The quantitative estimate of drug-likeness (QED) is 0.704. The van der Waals surface area contributed by atoms with Gasteiger partial charge < -0.3 is 4.90 Å². The van der Waals surface area contributed by atoms with Gasteiger partial charge in [-0.25, -0.2) is 0 Å². The summed E-state index contributed by atoms with van der Waals surface area (Å²) in [5.74, 6) is -0.0150. The molecule has 1 fully saturated rings. The Hall–Kier alpha value is -0.250. The Morgan fingerprint density at radius 2 is 2.00 bits per heavy atom. The van der Waals surface area contributed by atoms with Crippen molar-refractivity contribution in [2.75, 3.05) is 11.9 Å². The second-order valence-electron chi connectivity index (χ2n) is 4.75. The van der Waals surface area contributed by atoms with E-state index in [1.54, 1.807) is 18.2 Å². The first-order valence-corrected chi connectivity index (χ1v) is 8.33. The summed E-state index contributed by atoms with van der Waals surface area (Å²) in [5.41, 5.74) is 0.502. The van der Waals surface area contributed by atoms with Crippen LogP contribution in [0.2, 0.25) is 10.0 Å².